The number of rotatable bonds is 45. The Morgan fingerprint density at radius 3 is 0.680 bits per heavy atom. The Hall–Kier alpha value is 0.447. The SMILES string of the molecule is CCCCCCCCCCCCCCO[Si](CCCS)(OCCCCCCCCCCCCCC)OCCCCCCCCCCCCCC. The van der Waals surface area contributed by atoms with Crippen LogP contribution in [0.15, 0.2) is 0 Å². The largest absolute Gasteiger partial charge is 0.500 e. The molecule has 0 aromatic rings. The maximum Gasteiger partial charge on any atom is 0.500 e. The summed E-state index contributed by atoms with van der Waals surface area (Å²) in [6, 6.07) is 0.922. The van der Waals surface area contributed by atoms with Crippen LogP contribution in [-0.4, -0.2) is 34.4 Å². The minimum atomic E-state index is -2.67. The molecule has 0 aliphatic rings. The Morgan fingerprint density at radius 1 is 0.280 bits per heavy atom. The third-order valence-electron chi connectivity index (χ3n) is 10.6. The minimum Gasteiger partial charge on any atom is -0.373 e. The van der Waals surface area contributed by atoms with Crippen LogP contribution in [0.1, 0.15) is 258 Å². The van der Waals surface area contributed by atoms with E-state index in [2.05, 4.69) is 33.4 Å². The van der Waals surface area contributed by atoms with Gasteiger partial charge in [-0.3, -0.25) is 0 Å². The van der Waals surface area contributed by atoms with Gasteiger partial charge in [0, 0.05) is 25.9 Å². The van der Waals surface area contributed by atoms with E-state index in [4.69, 9.17) is 13.3 Å². The van der Waals surface area contributed by atoms with Gasteiger partial charge in [-0.1, -0.05) is 233 Å². The number of unbranched alkanes of at least 4 members (excludes halogenated alkanes) is 33. The van der Waals surface area contributed by atoms with Gasteiger partial charge in [-0.15, -0.1) is 0 Å². The van der Waals surface area contributed by atoms with E-state index in [0.29, 0.717) is 0 Å². The van der Waals surface area contributed by atoms with Gasteiger partial charge in [0.05, 0.1) is 0 Å². The molecule has 50 heavy (non-hydrogen) atoms. The molecule has 0 heterocycles. The van der Waals surface area contributed by atoms with Crippen molar-refractivity contribution in [2.24, 2.45) is 0 Å². The zero-order valence-electron chi connectivity index (χ0n) is 34.9. The van der Waals surface area contributed by atoms with Gasteiger partial charge < -0.3 is 13.3 Å². The molecule has 302 valence electrons. The second kappa shape index (κ2) is 43.8. The average Bonchev–Trinajstić information content (AvgIpc) is 3.13. The van der Waals surface area contributed by atoms with Gasteiger partial charge in [-0.2, -0.15) is 12.6 Å². The predicted octanol–water partition coefficient (Wildman–Crippen LogP) is 16.4. The lowest BCUT2D eigenvalue weighted by molar-refractivity contribution is 0.0551. The lowest BCUT2D eigenvalue weighted by Gasteiger charge is -2.30. The topological polar surface area (TPSA) is 27.7 Å². The number of hydrogen-bond donors (Lipinski definition) is 1. The Morgan fingerprint density at radius 2 is 0.480 bits per heavy atom. The van der Waals surface area contributed by atoms with E-state index >= 15 is 0 Å². The molecule has 0 N–H and O–H groups in total. The Kier molecular flexibility index (Phi) is 44.2. The number of thiol groups is 1. The van der Waals surface area contributed by atoms with Crippen LogP contribution in [0.4, 0.5) is 0 Å². The molecule has 0 saturated heterocycles. The van der Waals surface area contributed by atoms with Crippen molar-refractivity contribution in [3.05, 3.63) is 0 Å². The molecule has 0 fully saturated rings. The smallest absolute Gasteiger partial charge is 0.373 e. The fourth-order valence-corrected chi connectivity index (χ4v) is 10.3. The molecule has 0 aromatic heterocycles. The second-order valence-corrected chi connectivity index (χ2v) is 18.9. The summed E-state index contributed by atoms with van der Waals surface area (Å²) < 4.78 is 20.1. The summed E-state index contributed by atoms with van der Waals surface area (Å²) in [5.41, 5.74) is 0. The van der Waals surface area contributed by atoms with E-state index in [0.717, 1.165) is 57.3 Å². The van der Waals surface area contributed by atoms with Gasteiger partial charge in [0.15, 0.2) is 0 Å². The van der Waals surface area contributed by atoms with Gasteiger partial charge in [0.1, 0.15) is 0 Å². The fraction of sp³-hybridized carbons (Fsp3) is 1.00. The van der Waals surface area contributed by atoms with Crippen LogP contribution in [0.5, 0.6) is 0 Å². The highest BCUT2D eigenvalue weighted by atomic mass is 32.1. The van der Waals surface area contributed by atoms with E-state index in [1.54, 1.807) is 0 Å². The average molecular weight is 743 g/mol. The van der Waals surface area contributed by atoms with Crippen molar-refractivity contribution in [3.63, 3.8) is 0 Å². The van der Waals surface area contributed by atoms with Crippen LogP contribution >= 0.6 is 12.6 Å². The van der Waals surface area contributed by atoms with E-state index in [1.807, 2.05) is 0 Å². The fourth-order valence-electron chi connectivity index (χ4n) is 7.15. The summed E-state index contributed by atoms with van der Waals surface area (Å²) in [5, 5.41) is 0. The molecule has 0 aliphatic carbocycles. The van der Waals surface area contributed by atoms with Gasteiger partial charge in [0.25, 0.3) is 0 Å². The maximum absolute atomic E-state index is 6.70. The van der Waals surface area contributed by atoms with Gasteiger partial charge in [-0.05, 0) is 31.4 Å². The third-order valence-corrected chi connectivity index (χ3v) is 13.8. The highest BCUT2D eigenvalue weighted by Gasteiger charge is 2.40. The van der Waals surface area contributed by atoms with E-state index in [1.165, 1.54) is 212 Å². The molecule has 0 amide bonds. The highest BCUT2D eigenvalue weighted by molar-refractivity contribution is 7.80. The number of hydrogen-bond acceptors (Lipinski definition) is 4. The van der Waals surface area contributed by atoms with Gasteiger partial charge >= 0.3 is 8.80 Å². The summed E-state index contributed by atoms with van der Waals surface area (Å²) >= 11 is 4.57. The van der Waals surface area contributed by atoms with E-state index in [-0.39, 0.29) is 0 Å². The lowest BCUT2D eigenvalue weighted by Crippen LogP contribution is -2.46. The monoisotopic (exact) mass is 743 g/mol. The molecule has 0 radical (unpaired) electrons. The van der Waals surface area contributed by atoms with Crippen LogP contribution in [-0.2, 0) is 13.3 Å². The molecule has 0 unspecified atom stereocenters. The predicted molar refractivity (Wildman–Crippen MR) is 230 cm³/mol. The van der Waals surface area contributed by atoms with E-state index in [9.17, 15) is 0 Å². The maximum atomic E-state index is 6.70. The van der Waals surface area contributed by atoms with Crippen molar-refractivity contribution in [1.82, 2.24) is 0 Å². The zero-order valence-corrected chi connectivity index (χ0v) is 36.8. The van der Waals surface area contributed by atoms with Crippen molar-refractivity contribution < 1.29 is 13.3 Å². The zero-order chi connectivity index (χ0) is 36.3. The second-order valence-electron chi connectivity index (χ2n) is 15.7. The van der Waals surface area contributed by atoms with Crippen LogP contribution in [0.25, 0.3) is 0 Å². The van der Waals surface area contributed by atoms with Crippen LogP contribution < -0.4 is 0 Å². The molecule has 0 saturated carbocycles. The molecular formula is C45H94O3SSi. The molecular weight excluding hydrogens is 649 g/mol. The lowest BCUT2D eigenvalue weighted by atomic mass is 10.1. The standard InChI is InChI=1S/C45H94O3SSi/c1-4-7-10-13-16-19-22-25-28-31-34-37-41-46-50(45-40-44-49,47-42-38-35-32-29-26-23-20-17-14-11-8-5-2)48-43-39-36-33-30-27-24-21-18-15-12-9-6-3/h49H,4-45H2,1-3H3. The van der Waals surface area contributed by atoms with Crippen molar-refractivity contribution in [1.29, 1.82) is 0 Å². The van der Waals surface area contributed by atoms with Gasteiger partial charge in [-0.25, -0.2) is 0 Å². The first-order valence-electron chi connectivity index (χ1n) is 23.3. The molecule has 5 heteroatoms. The summed E-state index contributed by atoms with van der Waals surface area (Å²) in [7, 11) is -2.67. The minimum absolute atomic E-state index is 0.799. The molecule has 0 bridgehead atoms. The summed E-state index contributed by atoms with van der Waals surface area (Å²) in [4.78, 5) is 0. The van der Waals surface area contributed by atoms with Crippen molar-refractivity contribution in [2.75, 3.05) is 25.6 Å². The van der Waals surface area contributed by atoms with E-state index < -0.39 is 8.80 Å². The molecule has 3 nitrogen and oxygen atoms in total. The quantitative estimate of drug-likeness (QED) is 0.0382. The first-order valence-corrected chi connectivity index (χ1v) is 25.8. The Balaban J connectivity index is 4.43. The normalized spacial score (nSPS) is 12.0. The third kappa shape index (κ3) is 38.2. The summed E-state index contributed by atoms with van der Waals surface area (Å²) in [5.74, 6) is 0.876. The molecule has 0 spiro atoms. The summed E-state index contributed by atoms with van der Waals surface area (Å²) in [6.07, 6.45) is 50.3. The first-order chi connectivity index (χ1) is 24.7. The molecule has 0 atom stereocenters. The summed E-state index contributed by atoms with van der Waals surface area (Å²) in [6.45, 7) is 9.30. The molecule has 0 aromatic carbocycles. The van der Waals surface area contributed by atoms with Crippen molar-refractivity contribution in [2.45, 2.75) is 264 Å². The van der Waals surface area contributed by atoms with Crippen molar-refractivity contribution in [3.8, 4) is 0 Å². The Bertz CT molecular complexity index is 533. The van der Waals surface area contributed by atoms with Crippen LogP contribution in [0.3, 0.4) is 0 Å². The van der Waals surface area contributed by atoms with Crippen LogP contribution in [0, 0.1) is 0 Å². The highest BCUT2D eigenvalue weighted by Crippen LogP contribution is 2.22. The molecule has 0 aliphatic heterocycles. The van der Waals surface area contributed by atoms with Crippen molar-refractivity contribution >= 4 is 21.4 Å². The first kappa shape index (κ1) is 50.4. The van der Waals surface area contributed by atoms with Crippen LogP contribution in [0.2, 0.25) is 6.04 Å². The van der Waals surface area contributed by atoms with Gasteiger partial charge in [0.2, 0.25) is 0 Å². The Labute approximate surface area is 323 Å². The molecule has 0 rings (SSSR count).